The lowest BCUT2D eigenvalue weighted by Gasteiger charge is -2.20. The number of hydrogen-bond donors (Lipinski definition) is 1. The van der Waals surface area contributed by atoms with Crippen LogP contribution in [-0.4, -0.2) is 25.8 Å². The van der Waals surface area contributed by atoms with Crippen LogP contribution in [0.4, 0.5) is 0 Å². The van der Waals surface area contributed by atoms with Gasteiger partial charge in [0.2, 0.25) is 0 Å². The zero-order chi connectivity index (χ0) is 13.6. The summed E-state index contributed by atoms with van der Waals surface area (Å²) < 4.78 is 5.32. The van der Waals surface area contributed by atoms with E-state index in [1.165, 1.54) is 38.5 Å². The third kappa shape index (κ3) is 10.8. The third-order valence-electron chi connectivity index (χ3n) is 3.47. The molecule has 0 saturated carbocycles. The second kappa shape index (κ2) is 13.1. The first kappa shape index (κ1) is 17.7. The Kier molecular flexibility index (Phi) is 12.9. The number of methoxy groups -OCH3 is 1. The van der Waals surface area contributed by atoms with Crippen molar-refractivity contribution in [3.05, 3.63) is 12.7 Å². The summed E-state index contributed by atoms with van der Waals surface area (Å²) in [7, 11) is 1.80. The molecule has 0 aliphatic carbocycles. The molecule has 18 heavy (non-hydrogen) atoms. The minimum Gasteiger partial charge on any atom is -0.382 e. The summed E-state index contributed by atoms with van der Waals surface area (Å²) in [6.07, 6.45) is 12.4. The molecule has 0 aromatic carbocycles. The van der Waals surface area contributed by atoms with Gasteiger partial charge in [0.25, 0.3) is 0 Å². The van der Waals surface area contributed by atoms with Gasteiger partial charge >= 0.3 is 0 Å². The van der Waals surface area contributed by atoms with E-state index in [2.05, 4.69) is 25.7 Å². The Hall–Kier alpha value is -0.340. The molecule has 0 saturated heterocycles. The van der Waals surface area contributed by atoms with Gasteiger partial charge in [0.15, 0.2) is 0 Å². The van der Waals surface area contributed by atoms with Crippen LogP contribution in [0, 0.1) is 0 Å². The predicted octanol–water partition coefficient (Wildman–Crippen LogP) is 4.31. The van der Waals surface area contributed by atoms with Crippen LogP contribution in [0.15, 0.2) is 12.7 Å². The first-order chi connectivity index (χ1) is 8.74. The molecule has 0 aromatic heterocycles. The van der Waals surface area contributed by atoms with Crippen molar-refractivity contribution in [3.8, 4) is 0 Å². The summed E-state index contributed by atoms with van der Waals surface area (Å²) in [6.45, 7) is 9.29. The third-order valence-corrected chi connectivity index (χ3v) is 3.47. The highest BCUT2D eigenvalue weighted by Crippen LogP contribution is 2.12. The molecule has 0 rings (SSSR count). The molecule has 0 radical (unpaired) electrons. The maximum atomic E-state index is 5.32. The van der Waals surface area contributed by atoms with Gasteiger partial charge in [-0.1, -0.05) is 25.8 Å². The van der Waals surface area contributed by atoms with Gasteiger partial charge in [-0.15, -0.1) is 6.58 Å². The number of allylic oxidation sites excluding steroid dienone is 1. The number of hydrogen-bond acceptors (Lipinski definition) is 2. The van der Waals surface area contributed by atoms with Gasteiger partial charge in [0, 0.05) is 13.2 Å². The van der Waals surface area contributed by atoms with E-state index in [0.717, 1.165) is 19.4 Å². The molecule has 2 nitrogen and oxygen atoms in total. The van der Waals surface area contributed by atoms with Crippen molar-refractivity contribution >= 4 is 0 Å². The SMILES string of the molecule is C=CCCCCCC(CCC(C)OC)NCCC. The Balaban J connectivity index is 3.72. The van der Waals surface area contributed by atoms with E-state index < -0.39 is 0 Å². The quantitative estimate of drug-likeness (QED) is 0.391. The lowest BCUT2D eigenvalue weighted by Crippen LogP contribution is -2.30. The zero-order valence-electron chi connectivity index (χ0n) is 12.7. The number of nitrogens with one attached hydrogen (secondary N) is 1. The largest absolute Gasteiger partial charge is 0.382 e. The van der Waals surface area contributed by atoms with Crippen LogP contribution >= 0.6 is 0 Å². The Morgan fingerprint density at radius 3 is 2.56 bits per heavy atom. The van der Waals surface area contributed by atoms with E-state index in [9.17, 15) is 0 Å². The normalized spacial score (nSPS) is 14.4. The molecule has 0 fully saturated rings. The van der Waals surface area contributed by atoms with E-state index in [4.69, 9.17) is 4.74 Å². The van der Waals surface area contributed by atoms with Gasteiger partial charge < -0.3 is 10.1 Å². The zero-order valence-corrected chi connectivity index (χ0v) is 12.7. The number of unbranched alkanes of at least 4 members (excludes halogenated alkanes) is 3. The van der Waals surface area contributed by atoms with Crippen molar-refractivity contribution in [2.45, 2.75) is 77.4 Å². The topological polar surface area (TPSA) is 21.3 Å². The Bertz CT molecular complexity index is 182. The standard InChI is InChI=1S/C16H33NO/c1-5-7-8-9-10-11-16(17-14-6-2)13-12-15(3)18-4/h5,15-17H,1,6-14H2,2-4H3. The molecule has 108 valence electrons. The van der Waals surface area contributed by atoms with Crippen LogP contribution in [0.25, 0.3) is 0 Å². The van der Waals surface area contributed by atoms with Gasteiger partial charge in [-0.25, -0.2) is 0 Å². The Labute approximate surface area is 114 Å². The fraction of sp³-hybridized carbons (Fsp3) is 0.875. The minimum absolute atomic E-state index is 0.386. The number of ether oxygens (including phenoxy) is 1. The summed E-state index contributed by atoms with van der Waals surface area (Å²) in [5.41, 5.74) is 0. The van der Waals surface area contributed by atoms with Crippen LogP contribution in [0.3, 0.4) is 0 Å². The molecule has 0 aliphatic heterocycles. The average molecular weight is 255 g/mol. The fourth-order valence-corrected chi connectivity index (χ4v) is 2.11. The minimum atomic E-state index is 0.386. The predicted molar refractivity (Wildman–Crippen MR) is 81.1 cm³/mol. The molecule has 0 amide bonds. The second-order valence-electron chi connectivity index (χ2n) is 5.20. The van der Waals surface area contributed by atoms with Gasteiger partial charge in [-0.2, -0.15) is 0 Å². The molecule has 0 aromatic rings. The van der Waals surface area contributed by atoms with Crippen molar-refractivity contribution in [1.29, 1.82) is 0 Å². The van der Waals surface area contributed by atoms with Gasteiger partial charge in [0.05, 0.1) is 6.10 Å². The van der Waals surface area contributed by atoms with E-state index >= 15 is 0 Å². The monoisotopic (exact) mass is 255 g/mol. The van der Waals surface area contributed by atoms with Crippen molar-refractivity contribution in [2.24, 2.45) is 0 Å². The lowest BCUT2D eigenvalue weighted by atomic mass is 10.0. The summed E-state index contributed by atoms with van der Waals surface area (Å²) >= 11 is 0. The molecular formula is C16H33NO. The van der Waals surface area contributed by atoms with Crippen LogP contribution in [0.1, 0.15) is 65.2 Å². The summed E-state index contributed by atoms with van der Waals surface area (Å²) in [6, 6.07) is 0.672. The average Bonchev–Trinajstić information content (AvgIpc) is 2.40. The van der Waals surface area contributed by atoms with Crippen molar-refractivity contribution in [1.82, 2.24) is 5.32 Å². The Morgan fingerprint density at radius 2 is 1.94 bits per heavy atom. The summed E-state index contributed by atoms with van der Waals surface area (Å²) in [5, 5.41) is 3.66. The second-order valence-corrected chi connectivity index (χ2v) is 5.20. The van der Waals surface area contributed by atoms with Gasteiger partial charge in [0.1, 0.15) is 0 Å². The summed E-state index contributed by atoms with van der Waals surface area (Å²) in [5.74, 6) is 0. The fourth-order valence-electron chi connectivity index (χ4n) is 2.11. The first-order valence-electron chi connectivity index (χ1n) is 7.61. The van der Waals surface area contributed by atoms with Gasteiger partial charge in [-0.3, -0.25) is 0 Å². The molecule has 0 heterocycles. The maximum absolute atomic E-state index is 5.32. The molecule has 1 N–H and O–H groups in total. The molecule has 2 atom stereocenters. The van der Waals surface area contributed by atoms with Crippen LogP contribution in [0.5, 0.6) is 0 Å². The molecule has 0 aliphatic rings. The van der Waals surface area contributed by atoms with Crippen LogP contribution in [-0.2, 0) is 4.74 Å². The molecule has 0 spiro atoms. The highest BCUT2D eigenvalue weighted by atomic mass is 16.5. The molecule has 0 bridgehead atoms. The molecule has 2 heteroatoms. The van der Waals surface area contributed by atoms with Crippen molar-refractivity contribution in [2.75, 3.05) is 13.7 Å². The van der Waals surface area contributed by atoms with E-state index in [1.807, 2.05) is 6.08 Å². The van der Waals surface area contributed by atoms with Crippen molar-refractivity contribution in [3.63, 3.8) is 0 Å². The van der Waals surface area contributed by atoms with Crippen molar-refractivity contribution < 1.29 is 4.74 Å². The van der Waals surface area contributed by atoms with E-state index in [1.54, 1.807) is 7.11 Å². The highest BCUT2D eigenvalue weighted by Gasteiger charge is 2.09. The summed E-state index contributed by atoms with van der Waals surface area (Å²) in [4.78, 5) is 0. The van der Waals surface area contributed by atoms with Crippen LogP contribution in [0.2, 0.25) is 0 Å². The number of rotatable bonds is 13. The Morgan fingerprint density at radius 1 is 1.17 bits per heavy atom. The lowest BCUT2D eigenvalue weighted by molar-refractivity contribution is 0.105. The van der Waals surface area contributed by atoms with Gasteiger partial charge in [-0.05, 0) is 52.0 Å². The smallest absolute Gasteiger partial charge is 0.0543 e. The van der Waals surface area contributed by atoms with Crippen LogP contribution < -0.4 is 5.32 Å². The first-order valence-corrected chi connectivity index (χ1v) is 7.61. The van der Waals surface area contributed by atoms with E-state index in [-0.39, 0.29) is 0 Å². The maximum Gasteiger partial charge on any atom is 0.0543 e. The molecule has 2 unspecified atom stereocenters. The molecular weight excluding hydrogens is 222 g/mol. The van der Waals surface area contributed by atoms with E-state index in [0.29, 0.717) is 12.1 Å². The highest BCUT2D eigenvalue weighted by molar-refractivity contribution is 4.70.